The number of hydrogen-bond donors (Lipinski definition) is 1. The van der Waals surface area contributed by atoms with Gasteiger partial charge in [0, 0.05) is 25.3 Å². The van der Waals surface area contributed by atoms with Crippen LogP contribution in [-0.2, 0) is 6.54 Å². The van der Waals surface area contributed by atoms with E-state index in [1.165, 1.54) is 37.8 Å². The van der Waals surface area contributed by atoms with Gasteiger partial charge in [-0.05, 0) is 38.9 Å². The maximum Gasteiger partial charge on any atom is 0.0762 e. The zero-order chi connectivity index (χ0) is 15.2. The average molecular weight is 292 g/mol. The summed E-state index contributed by atoms with van der Waals surface area (Å²) in [4.78, 5) is 2.25. The van der Waals surface area contributed by atoms with Crippen LogP contribution in [0.1, 0.15) is 57.7 Å². The van der Waals surface area contributed by atoms with Gasteiger partial charge in [0.2, 0.25) is 0 Å². The molecule has 1 fully saturated rings. The summed E-state index contributed by atoms with van der Waals surface area (Å²) in [7, 11) is 4.27. The van der Waals surface area contributed by atoms with Crippen molar-refractivity contribution in [1.82, 2.24) is 20.0 Å². The molecule has 1 heterocycles. The van der Waals surface area contributed by atoms with Crippen LogP contribution in [0.25, 0.3) is 0 Å². The molecular formula is C17H32N4. The maximum absolute atomic E-state index is 4.78. The summed E-state index contributed by atoms with van der Waals surface area (Å²) >= 11 is 0. The first-order chi connectivity index (χ1) is 10.1. The molecule has 0 aliphatic heterocycles. The Balaban J connectivity index is 1.86. The van der Waals surface area contributed by atoms with Crippen LogP contribution in [0.5, 0.6) is 0 Å². The first-order valence-corrected chi connectivity index (χ1v) is 8.48. The largest absolute Gasteiger partial charge is 0.308 e. The van der Waals surface area contributed by atoms with Gasteiger partial charge in [-0.15, -0.1) is 0 Å². The number of aromatic nitrogens is 2. The second kappa shape index (κ2) is 7.95. The van der Waals surface area contributed by atoms with Crippen LogP contribution in [-0.4, -0.2) is 41.4 Å². The Morgan fingerprint density at radius 2 is 2.00 bits per heavy atom. The second-order valence-electron chi connectivity index (χ2n) is 7.07. The van der Waals surface area contributed by atoms with Crippen molar-refractivity contribution in [3.63, 3.8) is 0 Å². The average Bonchev–Trinajstić information content (AvgIpc) is 2.92. The van der Waals surface area contributed by atoms with Crippen molar-refractivity contribution in [3.05, 3.63) is 18.0 Å². The molecule has 4 nitrogen and oxygen atoms in total. The predicted molar refractivity (Wildman–Crippen MR) is 88.4 cm³/mol. The van der Waals surface area contributed by atoms with Gasteiger partial charge in [-0.3, -0.25) is 4.68 Å². The Labute approximate surface area is 129 Å². The van der Waals surface area contributed by atoms with E-state index in [0.717, 1.165) is 13.1 Å². The number of rotatable bonds is 7. The minimum atomic E-state index is 0.514. The Morgan fingerprint density at radius 1 is 1.29 bits per heavy atom. The summed E-state index contributed by atoms with van der Waals surface area (Å²) in [6.45, 7) is 6.50. The molecule has 4 heteroatoms. The summed E-state index contributed by atoms with van der Waals surface area (Å²) in [5.41, 5.74) is 1.17. The van der Waals surface area contributed by atoms with Crippen molar-refractivity contribution >= 4 is 0 Å². The molecule has 1 aliphatic carbocycles. The third-order valence-corrected chi connectivity index (χ3v) is 4.52. The molecule has 1 aliphatic rings. The molecule has 120 valence electrons. The number of likely N-dealkylation sites (N-methyl/N-ethyl adjacent to an activating group) is 1. The fourth-order valence-corrected chi connectivity index (χ4v) is 3.16. The SMILES string of the molecule is CC(C)C(CN(C)C)NCc1ccn(C2CCCCC2)n1. The van der Waals surface area contributed by atoms with E-state index in [1.807, 2.05) is 0 Å². The summed E-state index contributed by atoms with van der Waals surface area (Å²) < 4.78 is 2.20. The van der Waals surface area contributed by atoms with E-state index < -0.39 is 0 Å². The summed E-state index contributed by atoms with van der Waals surface area (Å²) in [6.07, 6.45) is 8.87. The molecule has 1 saturated carbocycles. The van der Waals surface area contributed by atoms with Crippen molar-refractivity contribution in [2.24, 2.45) is 5.92 Å². The predicted octanol–water partition coefficient (Wildman–Crippen LogP) is 3.06. The quantitative estimate of drug-likeness (QED) is 0.838. The highest BCUT2D eigenvalue weighted by atomic mass is 15.3. The van der Waals surface area contributed by atoms with Gasteiger partial charge in [-0.2, -0.15) is 5.10 Å². The lowest BCUT2D eigenvalue weighted by Crippen LogP contribution is -2.41. The minimum Gasteiger partial charge on any atom is -0.308 e. The lowest BCUT2D eigenvalue weighted by molar-refractivity contribution is 0.286. The molecular weight excluding hydrogens is 260 g/mol. The normalized spacial score (nSPS) is 18.6. The Morgan fingerprint density at radius 3 is 2.62 bits per heavy atom. The van der Waals surface area contributed by atoms with Gasteiger partial charge in [0.15, 0.2) is 0 Å². The molecule has 2 rings (SSSR count). The van der Waals surface area contributed by atoms with Gasteiger partial charge >= 0.3 is 0 Å². The highest BCUT2D eigenvalue weighted by Gasteiger charge is 2.17. The van der Waals surface area contributed by atoms with E-state index in [4.69, 9.17) is 5.10 Å². The van der Waals surface area contributed by atoms with Crippen molar-refractivity contribution in [3.8, 4) is 0 Å². The zero-order valence-corrected chi connectivity index (χ0v) is 14.2. The molecule has 0 amide bonds. The van der Waals surface area contributed by atoms with Gasteiger partial charge in [-0.25, -0.2) is 0 Å². The van der Waals surface area contributed by atoms with Crippen molar-refractivity contribution < 1.29 is 0 Å². The summed E-state index contributed by atoms with van der Waals surface area (Å²) in [5.74, 6) is 0.632. The van der Waals surface area contributed by atoms with Crippen molar-refractivity contribution in [2.75, 3.05) is 20.6 Å². The van der Waals surface area contributed by atoms with Gasteiger partial charge in [0.1, 0.15) is 0 Å². The van der Waals surface area contributed by atoms with Crippen LogP contribution in [0.3, 0.4) is 0 Å². The third-order valence-electron chi connectivity index (χ3n) is 4.52. The van der Waals surface area contributed by atoms with E-state index in [0.29, 0.717) is 18.0 Å². The van der Waals surface area contributed by atoms with E-state index in [-0.39, 0.29) is 0 Å². The van der Waals surface area contributed by atoms with Crippen LogP contribution in [0.4, 0.5) is 0 Å². The Bertz CT molecular complexity index is 405. The highest BCUT2D eigenvalue weighted by molar-refractivity contribution is 5.00. The minimum absolute atomic E-state index is 0.514. The smallest absolute Gasteiger partial charge is 0.0762 e. The van der Waals surface area contributed by atoms with E-state index in [1.54, 1.807) is 0 Å². The van der Waals surface area contributed by atoms with Crippen LogP contribution in [0, 0.1) is 5.92 Å². The molecule has 0 bridgehead atoms. The third kappa shape index (κ3) is 5.11. The summed E-state index contributed by atoms with van der Waals surface area (Å²) in [5, 5.41) is 8.45. The lowest BCUT2D eigenvalue weighted by atomic mass is 9.96. The topological polar surface area (TPSA) is 33.1 Å². The molecule has 1 aromatic rings. The Kier molecular flexibility index (Phi) is 6.24. The molecule has 0 aromatic carbocycles. The van der Waals surface area contributed by atoms with Gasteiger partial charge < -0.3 is 10.2 Å². The van der Waals surface area contributed by atoms with Gasteiger partial charge in [0.25, 0.3) is 0 Å². The molecule has 0 radical (unpaired) electrons. The molecule has 1 atom stereocenters. The molecule has 1 N–H and O–H groups in total. The standard InChI is InChI=1S/C17H32N4/c1-14(2)17(13-20(3)4)18-12-15-10-11-21(19-15)16-8-6-5-7-9-16/h10-11,14,16-18H,5-9,12-13H2,1-4H3. The number of nitrogens with zero attached hydrogens (tertiary/aromatic N) is 3. The van der Waals surface area contributed by atoms with Gasteiger partial charge in [0.05, 0.1) is 11.7 Å². The van der Waals surface area contributed by atoms with E-state index in [9.17, 15) is 0 Å². The maximum atomic E-state index is 4.78. The molecule has 1 unspecified atom stereocenters. The number of nitrogens with one attached hydrogen (secondary N) is 1. The van der Waals surface area contributed by atoms with Crippen molar-refractivity contribution in [2.45, 2.75) is 64.6 Å². The molecule has 21 heavy (non-hydrogen) atoms. The van der Waals surface area contributed by atoms with Crippen LogP contribution >= 0.6 is 0 Å². The zero-order valence-electron chi connectivity index (χ0n) is 14.2. The lowest BCUT2D eigenvalue weighted by Gasteiger charge is -2.25. The van der Waals surface area contributed by atoms with E-state index in [2.05, 4.69) is 55.1 Å². The molecule has 0 spiro atoms. The highest BCUT2D eigenvalue weighted by Crippen LogP contribution is 2.27. The van der Waals surface area contributed by atoms with Crippen LogP contribution < -0.4 is 5.32 Å². The first-order valence-electron chi connectivity index (χ1n) is 8.48. The first kappa shape index (κ1) is 16.5. The fourth-order valence-electron chi connectivity index (χ4n) is 3.16. The van der Waals surface area contributed by atoms with Crippen LogP contribution in [0.15, 0.2) is 12.3 Å². The molecule has 0 saturated heterocycles. The van der Waals surface area contributed by atoms with Gasteiger partial charge in [-0.1, -0.05) is 33.1 Å². The van der Waals surface area contributed by atoms with E-state index >= 15 is 0 Å². The van der Waals surface area contributed by atoms with Crippen LogP contribution in [0.2, 0.25) is 0 Å². The number of hydrogen-bond acceptors (Lipinski definition) is 3. The molecule has 1 aromatic heterocycles. The monoisotopic (exact) mass is 292 g/mol. The van der Waals surface area contributed by atoms with Crippen molar-refractivity contribution in [1.29, 1.82) is 0 Å². The fraction of sp³-hybridized carbons (Fsp3) is 0.824. The second-order valence-corrected chi connectivity index (χ2v) is 7.07. The summed E-state index contributed by atoms with van der Waals surface area (Å²) in [6, 6.07) is 3.32. The Hall–Kier alpha value is -0.870.